The molecule has 0 bridgehead atoms. The van der Waals surface area contributed by atoms with Crippen LogP contribution in [0.3, 0.4) is 0 Å². The van der Waals surface area contributed by atoms with Gasteiger partial charge in [-0.15, -0.1) is 0 Å². The van der Waals surface area contributed by atoms with E-state index in [0.29, 0.717) is 5.75 Å². The number of fused-ring (bicyclic) bond motifs is 1. The normalized spacial score (nSPS) is 14.2. The summed E-state index contributed by atoms with van der Waals surface area (Å²) in [5.74, 6) is 0.619. The Kier molecular flexibility index (Phi) is 5.96. The predicted molar refractivity (Wildman–Crippen MR) is 103 cm³/mol. The molecule has 1 aliphatic carbocycles. The van der Waals surface area contributed by atoms with Crippen molar-refractivity contribution in [3.63, 3.8) is 0 Å². The molecule has 0 atom stereocenters. The fourth-order valence-electron chi connectivity index (χ4n) is 3.10. The Morgan fingerprint density at radius 3 is 2.59 bits per heavy atom. The zero-order valence-electron chi connectivity index (χ0n) is 15.6. The second-order valence-corrected chi connectivity index (χ2v) is 8.69. The maximum Gasteiger partial charge on any atom is 0.267 e. The Balaban J connectivity index is 1.63. The minimum atomic E-state index is -3.65. The molecule has 8 heteroatoms. The molecular weight excluding hydrogens is 366 g/mol. The van der Waals surface area contributed by atoms with Crippen LogP contribution in [0.4, 0.5) is 0 Å². The van der Waals surface area contributed by atoms with E-state index in [4.69, 9.17) is 4.74 Å². The van der Waals surface area contributed by atoms with Gasteiger partial charge in [0.2, 0.25) is 10.0 Å². The largest absolute Gasteiger partial charge is 0.491 e. The molecule has 146 valence electrons. The molecule has 27 heavy (non-hydrogen) atoms. The van der Waals surface area contributed by atoms with E-state index in [9.17, 15) is 13.2 Å². The van der Waals surface area contributed by atoms with Gasteiger partial charge in [-0.3, -0.25) is 4.79 Å². The Bertz CT molecular complexity index is 950. The van der Waals surface area contributed by atoms with E-state index >= 15 is 0 Å². The lowest BCUT2D eigenvalue weighted by Gasteiger charge is -2.16. The molecule has 1 aromatic heterocycles. The SMILES string of the molecule is CC(C)Oc1ccc(S(=O)(=O)NCCn2nc3c(cc2=O)CCCC3)cc1. The fraction of sp³-hybridized carbons (Fsp3) is 0.474. The van der Waals surface area contributed by atoms with Gasteiger partial charge in [-0.2, -0.15) is 5.10 Å². The summed E-state index contributed by atoms with van der Waals surface area (Å²) in [6.45, 7) is 4.10. The Hall–Kier alpha value is -2.19. The van der Waals surface area contributed by atoms with Gasteiger partial charge in [-0.25, -0.2) is 17.8 Å². The molecule has 0 unspecified atom stereocenters. The average molecular weight is 391 g/mol. The molecule has 0 spiro atoms. The molecule has 1 aromatic carbocycles. The van der Waals surface area contributed by atoms with Crippen molar-refractivity contribution in [2.75, 3.05) is 6.54 Å². The van der Waals surface area contributed by atoms with E-state index in [1.165, 1.54) is 16.8 Å². The monoisotopic (exact) mass is 391 g/mol. The van der Waals surface area contributed by atoms with Crippen LogP contribution in [0, 0.1) is 0 Å². The van der Waals surface area contributed by atoms with Gasteiger partial charge in [-0.05, 0) is 69.4 Å². The third-order valence-electron chi connectivity index (χ3n) is 4.40. The Labute approximate surface area is 159 Å². The highest BCUT2D eigenvalue weighted by atomic mass is 32.2. The van der Waals surface area contributed by atoms with E-state index < -0.39 is 10.0 Å². The van der Waals surface area contributed by atoms with Crippen molar-refractivity contribution >= 4 is 10.0 Å². The van der Waals surface area contributed by atoms with Crippen molar-refractivity contribution in [3.05, 3.63) is 51.9 Å². The summed E-state index contributed by atoms with van der Waals surface area (Å²) in [6.07, 6.45) is 3.93. The summed E-state index contributed by atoms with van der Waals surface area (Å²) in [7, 11) is -3.65. The molecule has 7 nitrogen and oxygen atoms in total. The van der Waals surface area contributed by atoms with Crippen molar-refractivity contribution in [1.29, 1.82) is 0 Å². The van der Waals surface area contributed by atoms with Crippen molar-refractivity contribution in [2.45, 2.75) is 57.1 Å². The molecule has 0 aliphatic heterocycles. The maximum absolute atomic E-state index is 12.4. The lowest BCUT2D eigenvalue weighted by Crippen LogP contribution is -2.33. The summed E-state index contributed by atoms with van der Waals surface area (Å²) < 4.78 is 34.2. The number of aryl methyl sites for hydroxylation is 2. The second-order valence-electron chi connectivity index (χ2n) is 6.92. The summed E-state index contributed by atoms with van der Waals surface area (Å²) in [5.41, 5.74) is 1.78. The van der Waals surface area contributed by atoms with Gasteiger partial charge >= 0.3 is 0 Å². The lowest BCUT2D eigenvalue weighted by molar-refractivity contribution is 0.242. The maximum atomic E-state index is 12.4. The van der Waals surface area contributed by atoms with Crippen LogP contribution in [0.25, 0.3) is 0 Å². The minimum absolute atomic E-state index is 0.0213. The first-order valence-corrected chi connectivity index (χ1v) is 10.7. The Morgan fingerprint density at radius 1 is 1.19 bits per heavy atom. The summed E-state index contributed by atoms with van der Waals surface area (Å²) in [5, 5.41) is 4.40. The van der Waals surface area contributed by atoms with Crippen LogP contribution in [0.15, 0.2) is 40.0 Å². The summed E-state index contributed by atoms with van der Waals surface area (Å²) >= 11 is 0. The second kappa shape index (κ2) is 8.22. The number of nitrogens with one attached hydrogen (secondary N) is 1. The first-order valence-electron chi connectivity index (χ1n) is 9.21. The van der Waals surface area contributed by atoms with Crippen LogP contribution in [0.5, 0.6) is 5.75 Å². The molecule has 1 heterocycles. The zero-order chi connectivity index (χ0) is 19.4. The lowest BCUT2D eigenvalue weighted by atomic mass is 9.97. The molecule has 1 N–H and O–H groups in total. The van der Waals surface area contributed by atoms with E-state index in [1.54, 1.807) is 18.2 Å². The number of hydrogen-bond donors (Lipinski definition) is 1. The number of sulfonamides is 1. The number of hydrogen-bond acceptors (Lipinski definition) is 5. The third-order valence-corrected chi connectivity index (χ3v) is 5.87. The standard InChI is InChI=1S/C19H25N3O4S/c1-14(2)26-16-7-9-17(10-8-16)27(24,25)20-11-12-22-19(23)13-15-5-3-4-6-18(15)21-22/h7-10,13-14,20H,3-6,11-12H2,1-2H3. The number of benzene rings is 1. The smallest absolute Gasteiger partial charge is 0.267 e. The van der Waals surface area contributed by atoms with Crippen LogP contribution in [0.2, 0.25) is 0 Å². The van der Waals surface area contributed by atoms with Gasteiger partial charge < -0.3 is 4.74 Å². The minimum Gasteiger partial charge on any atom is -0.491 e. The fourth-order valence-corrected chi connectivity index (χ4v) is 4.12. The van der Waals surface area contributed by atoms with E-state index in [-0.39, 0.29) is 29.6 Å². The highest BCUT2D eigenvalue weighted by Crippen LogP contribution is 2.18. The molecule has 0 amide bonds. The van der Waals surface area contributed by atoms with Crippen molar-refractivity contribution < 1.29 is 13.2 Å². The van der Waals surface area contributed by atoms with Crippen LogP contribution in [-0.4, -0.2) is 30.8 Å². The molecular formula is C19H25N3O4S. The molecule has 0 saturated heterocycles. The quantitative estimate of drug-likeness (QED) is 0.778. The highest BCUT2D eigenvalue weighted by Gasteiger charge is 2.16. The molecule has 0 saturated carbocycles. The van der Waals surface area contributed by atoms with Crippen LogP contribution < -0.4 is 15.0 Å². The van der Waals surface area contributed by atoms with Gasteiger partial charge in [0.25, 0.3) is 5.56 Å². The first-order chi connectivity index (χ1) is 12.8. The van der Waals surface area contributed by atoms with Gasteiger partial charge in [0.05, 0.1) is 23.2 Å². The molecule has 1 aliphatic rings. The molecule has 0 fully saturated rings. The summed E-state index contributed by atoms with van der Waals surface area (Å²) in [6, 6.07) is 7.89. The summed E-state index contributed by atoms with van der Waals surface area (Å²) in [4.78, 5) is 12.3. The van der Waals surface area contributed by atoms with Gasteiger partial charge in [0, 0.05) is 12.6 Å². The van der Waals surface area contributed by atoms with Crippen LogP contribution in [-0.2, 0) is 29.4 Å². The third kappa shape index (κ3) is 4.95. The predicted octanol–water partition coefficient (Wildman–Crippen LogP) is 1.89. The average Bonchev–Trinajstić information content (AvgIpc) is 2.62. The van der Waals surface area contributed by atoms with Crippen LogP contribution >= 0.6 is 0 Å². The number of aromatic nitrogens is 2. The van der Waals surface area contributed by atoms with Crippen molar-refractivity contribution in [2.24, 2.45) is 0 Å². The number of ether oxygens (including phenoxy) is 1. The zero-order valence-corrected chi connectivity index (χ0v) is 16.5. The topological polar surface area (TPSA) is 90.3 Å². The Morgan fingerprint density at radius 2 is 1.89 bits per heavy atom. The van der Waals surface area contributed by atoms with Gasteiger partial charge in [-0.1, -0.05) is 0 Å². The van der Waals surface area contributed by atoms with Crippen molar-refractivity contribution in [3.8, 4) is 5.75 Å². The van der Waals surface area contributed by atoms with Crippen LogP contribution in [0.1, 0.15) is 37.9 Å². The van der Waals surface area contributed by atoms with E-state index in [2.05, 4.69) is 9.82 Å². The molecule has 0 radical (unpaired) electrons. The van der Waals surface area contributed by atoms with E-state index in [1.807, 2.05) is 13.8 Å². The first kappa shape index (κ1) is 19.6. The van der Waals surface area contributed by atoms with E-state index in [0.717, 1.165) is 36.9 Å². The molecule has 3 rings (SSSR count). The van der Waals surface area contributed by atoms with Gasteiger partial charge in [0.1, 0.15) is 5.75 Å². The number of nitrogens with zero attached hydrogens (tertiary/aromatic N) is 2. The van der Waals surface area contributed by atoms with Gasteiger partial charge in [0.15, 0.2) is 0 Å². The molecule has 2 aromatic rings. The highest BCUT2D eigenvalue weighted by molar-refractivity contribution is 7.89. The van der Waals surface area contributed by atoms with Crippen molar-refractivity contribution in [1.82, 2.24) is 14.5 Å². The number of rotatable bonds is 7.